The number of aromatic nitrogens is 1. The number of allylic oxidation sites excluding steroid dienone is 1. The maximum Gasteiger partial charge on any atom is 0.134 e. The normalized spacial score (nSPS) is 12.2. The molecule has 2 heteroatoms. The molecule has 0 saturated heterocycles. The first-order valence-corrected chi connectivity index (χ1v) is 9.13. The molecule has 2 aromatic carbocycles. The fourth-order valence-electron chi connectivity index (χ4n) is 3.68. The molecule has 26 heavy (non-hydrogen) atoms. The van der Waals surface area contributed by atoms with Crippen LogP contribution in [0.5, 0.6) is 0 Å². The van der Waals surface area contributed by atoms with Gasteiger partial charge in [0.15, 0.2) is 0 Å². The highest BCUT2D eigenvalue weighted by molar-refractivity contribution is 6.05. The van der Waals surface area contributed by atoms with Crippen molar-refractivity contribution in [1.82, 2.24) is 4.57 Å². The van der Waals surface area contributed by atoms with Crippen LogP contribution in [0.3, 0.4) is 0 Å². The van der Waals surface area contributed by atoms with Gasteiger partial charge < -0.3 is 8.98 Å². The molecule has 0 unspecified atom stereocenters. The highest BCUT2D eigenvalue weighted by Crippen LogP contribution is 2.40. The third-order valence-corrected chi connectivity index (χ3v) is 5.03. The summed E-state index contributed by atoms with van der Waals surface area (Å²) < 4.78 is 8.46. The number of rotatable bonds is 3. The van der Waals surface area contributed by atoms with Gasteiger partial charge in [-0.1, -0.05) is 51.1 Å². The first-order chi connectivity index (χ1) is 12.4. The second kappa shape index (κ2) is 5.91. The molecule has 0 aliphatic carbocycles. The Kier molecular flexibility index (Phi) is 3.80. The van der Waals surface area contributed by atoms with Crippen molar-refractivity contribution in [3.63, 3.8) is 0 Å². The number of fused-ring (bicyclic) bond motifs is 2. The molecule has 0 spiro atoms. The highest BCUT2D eigenvalue weighted by atomic mass is 16.3. The summed E-state index contributed by atoms with van der Waals surface area (Å²) in [5.41, 5.74) is 5.96. The first kappa shape index (κ1) is 16.7. The number of para-hydroxylation sites is 1. The lowest BCUT2D eigenvalue weighted by Crippen LogP contribution is -2.08. The maximum atomic E-state index is 6.19. The molecule has 0 saturated carbocycles. The molecule has 0 N–H and O–H groups in total. The van der Waals surface area contributed by atoms with Gasteiger partial charge in [-0.15, -0.1) is 6.58 Å². The summed E-state index contributed by atoms with van der Waals surface area (Å²) in [7, 11) is 0. The van der Waals surface area contributed by atoms with E-state index in [9.17, 15) is 0 Å². The zero-order valence-corrected chi connectivity index (χ0v) is 16.0. The Morgan fingerprint density at radius 1 is 1.08 bits per heavy atom. The fraction of sp³-hybridized carbons (Fsp3) is 0.250. The van der Waals surface area contributed by atoms with Crippen molar-refractivity contribution in [3.05, 3.63) is 72.6 Å². The lowest BCUT2D eigenvalue weighted by Gasteiger charge is -2.13. The van der Waals surface area contributed by atoms with Crippen LogP contribution in [-0.2, 0) is 12.0 Å². The SMILES string of the molecule is C=CCn1cc(-c2c(C)ccc3oc(C(C)(C)C)cc23)c2ccccc21. The van der Waals surface area contributed by atoms with E-state index >= 15 is 0 Å². The minimum atomic E-state index is -0.0129. The molecule has 0 aliphatic rings. The predicted molar refractivity (Wildman–Crippen MR) is 111 cm³/mol. The molecular formula is C24H25NO. The lowest BCUT2D eigenvalue weighted by atomic mass is 9.91. The number of furan rings is 1. The van der Waals surface area contributed by atoms with E-state index in [1.165, 1.54) is 33.0 Å². The van der Waals surface area contributed by atoms with Crippen molar-refractivity contribution < 1.29 is 4.42 Å². The summed E-state index contributed by atoms with van der Waals surface area (Å²) >= 11 is 0. The molecule has 4 aromatic rings. The molecule has 0 radical (unpaired) electrons. The van der Waals surface area contributed by atoms with E-state index in [4.69, 9.17) is 4.42 Å². The van der Waals surface area contributed by atoms with Crippen molar-refractivity contribution >= 4 is 21.9 Å². The van der Waals surface area contributed by atoms with Crippen LogP contribution in [-0.4, -0.2) is 4.57 Å². The molecule has 2 heterocycles. The zero-order valence-electron chi connectivity index (χ0n) is 16.0. The fourth-order valence-corrected chi connectivity index (χ4v) is 3.68. The number of nitrogens with zero attached hydrogens (tertiary/aromatic N) is 1. The van der Waals surface area contributed by atoms with Crippen LogP contribution in [0, 0.1) is 6.92 Å². The lowest BCUT2D eigenvalue weighted by molar-refractivity contribution is 0.430. The smallest absolute Gasteiger partial charge is 0.134 e. The van der Waals surface area contributed by atoms with Crippen molar-refractivity contribution in [3.8, 4) is 11.1 Å². The van der Waals surface area contributed by atoms with E-state index in [0.29, 0.717) is 0 Å². The molecule has 0 fully saturated rings. The Morgan fingerprint density at radius 2 is 1.85 bits per heavy atom. The Labute approximate surface area is 154 Å². The number of hydrogen-bond donors (Lipinski definition) is 0. The second-order valence-electron chi connectivity index (χ2n) is 8.03. The van der Waals surface area contributed by atoms with Gasteiger partial charge in [0, 0.05) is 40.0 Å². The second-order valence-corrected chi connectivity index (χ2v) is 8.03. The van der Waals surface area contributed by atoms with E-state index in [1.807, 2.05) is 6.08 Å². The van der Waals surface area contributed by atoms with Crippen molar-refractivity contribution in [2.45, 2.75) is 39.7 Å². The van der Waals surface area contributed by atoms with Gasteiger partial charge in [0.25, 0.3) is 0 Å². The topological polar surface area (TPSA) is 18.1 Å². The van der Waals surface area contributed by atoms with Gasteiger partial charge in [0.05, 0.1) is 0 Å². The van der Waals surface area contributed by atoms with Gasteiger partial charge in [-0.25, -0.2) is 0 Å². The first-order valence-electron chi connectivity index (χ1n) is 9.13. The van der Waals surface area contributed by atoms with Crippen LogP contribution in [0.15, 0.2) is 65.7 Å². The van der Waals surface area contributed by atoms with Gasteiger partial charge in [-0.3, -0.25) is 0 Å². The standard InChI is InChI=1S/C24H25NO/c1-6-13-25-15-19(17-9-7-8-10-20(17)25)23-16(2)11-12-21-18(23)14-22(26-21)24(3,4)5/h6-12,14-15H,1,13H2,2-5H3. The van der Waals surface area contributed by atoms with Crippen LogP contribution in [0.2, 0.25) is 0 Å². The summed E-state index contributed by atoms with van der Waals surface area (Å²) in [6.07, 6.45) is 4.19. The number of aryl methyl sites for hydroxylation is 1. The van der Waals surface area contributed by atoms with Crippen molar-refractivity contribution in [2.24, 2.45) is 0 Å². The van der Waals surface area contributed by atoms with E-state index in [1.54, 1.807) is 0 Å². The Bertz CT molecular complexity index is 1120. The Morgan fingerprint density at radius 3 is 2.58 bits per heavy atom. The summed E-state index contributed by atoms with van der Waals surface area (Å²) in [5, 5.41) is 2.46. The molecule has 0 bridgehead atoms. The monoisotopic (exact) mass is 343 g/mol. The highest BCUT2D eigenvalue weighted by Gasteiger charge is 2.22. The molecule has 2 nitrogen and oxygen atoms in total. The molecule has 132 valence electrons. The molecule has 4 rings (SSSR count). The summed E-state index contributed by atoms with van der Waals surface area (Å²) in [4.78, 5) is 0. The minimum absolute atomic E-state index is 0.0129. The van der Waals surface area contributed by atoms with E-state index in [0.717, 1.165) is 17.9 Å². The maximum absolute atomic E-state index is 6.19. The van der Waals surface area contributed by atoms with Crippen LogP contribution in [0.4, 0.5) is 0 Å². The largest absolute Gasteiger partial charge is 0.460 e. The summed E-state index contributed by atoms with van der Waals surface area (Å²) in [5.74, 6) is 1.02. The molecule has 0 amide bonds. The van der Waals surface area contributed by atoms with E-state index in [-0.39, 0.29) is 5.41 Å². The number of benzene rings is 2. The van der Waals surface area contributed by atoms with Gasteiger partial charge >= 0.3 is 0 Å². The van der Waals surface area contributed by atoms with Crippen molar-refractivity contribution in [1.29, 1.82) is 0 Å². The minimum Gasteiger partial charge on any atom is -0.460 e. The van der Waals surface area contributed by atoms with Gasteiger partial charge in [0.1, 0.15) is 11.3 Å². The molecule has 0 atom stereocenters. The Balaban J connectivity index is 2.06. The van der Waals surface area contributed by atoms with Gasteiger partial charge in [0.2, 0.25) is 0 Å². The van der Waals surface area contributed by atoms with Crippen LogP contribution in [0.25, 0.3) is 33.0 Å². The third-order valence-electron chi connectivity index (χ3n) is 5.03. The summed E-state index contributed by atoms with van der Waals surface area (Å²) in [6, 6.07) is 15.0. The summed E-state index contributed by atoms with van der Waals surface area (Å²) in [6.45, 7) is 13.4. The number of hydrogen-bond acceptors (Lipinski definition) is 1. The third kappa shape index (κ3) is 2.57. The molecular weight excluding hydrogens is 318 g/mol. The molecule has 0 aliphatic heterocycles. The van der Waals surface area contributed by atoms with Crippen LogP contribution in [0.1, 0.15) is 32.1 Å². The van der Waals surface area contributed by atoms with E-state index < -0.39 is 0 Å². The van der Waals surface area contributed by atoms with Gasteiger partial charge in [-0.2, -0.15) is 0 Å². The average Bonchev–Trinajstić information content (AvgIpc) is 3.18. The molecule has 2 aromatic heterocycles. The Hall–Kier alpha value is -2.74. The van der Waals surface area contributed by atoms with Crippen LogP contribution < -0.4 is 0 Å². The quantitative estimate of drug-likeness (QED) is 0.372. The van der Waals surface area contributed by atoms with Crippen molar-refractivity contribution in [2.75, 3.05) is 0 Å². The van der Waals surface area contributed by atoms with Gasteiger partial charge in [-0.05, 0) is 36.2 Å². The zero-order chi connectivity index (χ0) is 18.5. The van der Waals surface area contributed by atoms with Crippen LogP contribution >= 0.6 is 0 Å². The predicted octanol–water partition coefficient (Wildman–Crippen LogP) is 6.85. The average molecular weight is 343 g/mol. The van der Waals surface area contributed by atoms with E-state index in [2.05, 4.69) is 87.5 Å².